The van der Waals surface area contributed by atoms with Crippen LogP contribution < -0.4 is 10.0 Å². The Bertz CT molecular complexity index is 922. The van der Waals surface area contributed by atoms with Crippen molar-refractivity contribution in [3.63, 3.8) is 0 Å². The summed E-state index contributed by atoms with van der Waals surface area (Å²) in [5, 5.41) is 2.67. The van der Waals surface area contributed by atoms with Crippen LogP contribution in [0.25, 0.3) is 0 Å². The summed E-state index contributed by atoms with van der Waals surface area (Å²) in [6.07, 6.45) is 0.726. The maximum atomic E-state index is 12.7. The standard InChI is InChI=1S/C19H22N2O3S2/c1-4-17-19(22)20-16-11-15(9-10-18(16)25-17)26(23,24)21-14-7-5-13(6-8-14)12(2)3/h5-12,17,21H,4H2,1-3H3,(H,20,22)/t17-/m1/s1. The highest BCUT2D eigenvalue weighted by Crippen LogP contribution is 2.38. The average molecular weight is 391 g/mol. The van der Waals surface area contributed by atoms with Crippen molar-refractivity contribution in [1.82, 2.24) is 0 Å². The van der Waals surface area contributed by atoms with E-state index >= 15 is 0 Å². The second-order valence-corrected chi connectivity index (χ2v) is 9.47. The number of sulfonamides is 1. The van der Waals surface area contributed by atoms with Gasteiger partial charge in [0.2, 0.25) is 5.91 Å². The molecule has 0 saturated carbocycles. The van der Waals surface area contributed by atoms with Gasteiger partial charge in [0.1, 0.15) is 0 Å². The summed E-state index contributed by atoms with van der Waals surface area (Å²) < 4.78 is 27.9. The maximum absolute atomic E-state index is 12.7. The Morgan fingerprint density at radius 2 is 1.85 bits per heavy atom. The second-order valence-electron chi connectivity index (χ2n) is 6.54. The van der Waals surface area contributed by atoms with E-state index in [0.29, 0.717) is 17.3 Å². The van der Waals surface area contributed by atoms with Crippen molar-refractivity contribution < 1.29 is 13.2 Å². The Kier molecular flexibility index (Phi) is 5.29. The number of carbonyl (C=O) groups is 1. The van der Waals surface area contributed by atoms with Gasteiger partial charge in [-0.25, -0.2) is 8.42 Å². The van der Waals surface area contributed by atoms with Gasteiger partial charge < -0.3 is 5.32 Å². The van der Waals surface area contributed by atoms with Gasteiger partial charge in [-0.3, -0.25) is 9.52 Å². The van der Waals surface area contributed by atoms with Crippen molar-refractivity contribution in [2.45, 2.75) is 48.2 Å². The lowest BCUT2D eigenvalue weighted by molar-refractivity contribution is -0.115. The predicted molar refractivity (Wildman–Crippen MR) is 106 cm³/mol. The van der Waals surface area contributed by atoms with Gasteiger partial charge in [0.15, 0.2) is 0 Å². The van der Waals surface area contributed by atoms with E-state index in [4.69, 9.17) is 0 Å². The first-order chi connectivity index (χ1) is 12.3. The van der Waals surface area contributed by atoms with Crippen LogP contribution in [0.2, 0.25) is 0 Å². The second kappa shape index (κ2) is 7.32. The summed E-state index contributed by atoms with van der Waals surface area (Å²) in [5.41, 5.74) is 2.20. The molecule has 26 heavy (non-hydrogen) atoms. The zero-order valence-corrected chi connectivity index (χ0v) is 16.6. The minimum atomic E-state index is -3.73. The van der Waals surface area contributed by atoms with Crippen molar-refractivity contribution >= 4 is 39.1 Å². The lowest BCUT2D eigenvalue weighted by atomic mass is 10.0. The summed E-state index contributed by atoms with van der Waals surface area (Å²) >= 11 is 1.47. The van der Waals surface area contributed by atoms with Gasteiger partial charge in [-0.2, -0.15) is 0 Å². The number of hydrogen-bond acceptors (Lipinski definition) is 4. The van der Waals surface area contributed by atoms with E-state index in [2.05, 4.69) is 23.9 Å². The van der Waals surface area contributed by atoms with Crippen molar-refractivity contribution in [2.24, 2.45) is 0 Å². The molecule has 2 aromatic rings. The quantitative estimate of drug-likeness (QED) is 0.792. The highest BCUT2D eigenvalue weighted by Gasteiger charge is 2.27. The number of nitrogens with one attached hydrogen (secondary N) is 2. The van der Waals surface area contributed by atoms with Crippen LogP contribution >= 0.6 is 11.8 Å². The lowest BCUT2D eigenvalue weighted by Gasteiger charge is -2.23. The van der Waals surface area contributed by atoms with Crippen molar-refractivity contribution in [2.75, 3.05) is 10.0 Å². The molecule has 0 unspecified atom stereocenters. The maximum Gasteiger partial charge on any atom is 0.261 e. The van der Waals surface area contributed by atoms with Crippen LogP contribution in [0.15, 0.2) is 52.3 Å². The minimum Gasteiger partial charge on any atom is -0.324 e. The molecule has 2 N–H and O–H groups in total. The monoisotopic (exact) mass is 390 g/mol. The fourth-order valence-electron chi connectivity index (χ4n) is 2.72. The molecule has 0 spiro atoms. The fraction of sp³-hybridized carbons (Fsp3) is 0.316. The number of thioether (sulfide) groups is 1. The van der Waals surface area contributed by atoms with E-state index in [-0.39, 0.29) is 16.1 Å². The van der Waals surface area contributed by atoms with Gasteiger partial charge in [0.05, 0.1) is 15.8 Å². The van der Waals surface area contributed by atoms with Crippen LogP contribution in [0.3, 0.4) is 0 Å². The first kappa shape index (κ1) is 18.8. The molecule has 1 atom stereocenters. The molecule has 5 nitrogen and oxygen atoms in total. The van der Waals surface area contributed by atoms with Gasteiger partial charge in [-0.05, 0) is 48.2 Å². The molecule has 0 saturated heterocycles. The molecular formula is C19H22N2O3S2. The summed E-state index contributed by atoms with van der Waals surface area (Å²) in [6, 6.07) is 12.2. The van der Waals surface area contributed by atoms with Crippen molar-refractivity contribution in [3.8, 4) is 0 Å². The molecular weight excluding hydrogens is 368 g/mol. The van der Waals surface area contributed by atoms with Crippen LogP contribution in [0.4, 0.5) is 11.4 Å². The third kappa shape index (κ3) is 3.88. The predicted octanol–water partition coefficient (Wildman–Crippen LogP) is 4.43. The number of fused-ring (bicyclic) bond motifs is 1. The van der Waals surface area contributed by atoms with Gasteiger partial charge in [-0.15, -0.1) is 11.8 Å². The molecule has 0 radical (unpaired) electrons. The minimum absolute atomic E-state index is 0.0863. The molecule has 0 aromatic heterocycles. The molecule has 1 aliphatic heterocycles. The fourth-order valence-corrected chi connectivity index (χ4v) is 4.82. The van der Waals surface area contributed by atoms with Gasteiger partial charge in [0.25, 0.3) is 10.0 Å². The Morgan fingerprint density at radius 1 is 1.15 bits per heavy atom. The Hall–Kier alpha value is -1.99. The van der Waals surface area contributed by atoms with Crippen molar-refractivity contribution in [1.29, 1.82) is 0 Å². The molecule has 1 aliphatic rings. The summed E-state index contributed by atoms with van der Waals surface area (Å²) in [7, 11) is -3.73. The summed E-state index contributed by atoms with van der Waals surface area (Å²) in [5.74, 6) is 0.297. The Balaban J connectivity index is 1.84. The van der Waals surface area contributed by atoms with E-state index < -0.39 is 10.0 Å². The molecule has 0 bridgehead atoms. The Morgan fingerprint density at radius 3 is 2.46 bits per heavy atom. The average Bonchev–Trinajstić information content (AvgIpc) is 2.60. The van der Waals surface area contributed by atoms with E-state index in [9.17, 15) is 13.2 Å². The zero-order valence-electron chi connectivity index (χ0n) is 14.9. The van der Waals surface area contributed by atoms with Crippen LogP contribution in [0, 0.1) is 0 Å². The Labute approximate surface area is 158 Å². The number of amides is 1. The van der Waals surface area contributed by atoms with Crippen LogP contribution in [-0.4, -0.2) is 19.6 Å². The van der Waals surface area contributed by atoms with Gasteiger partial charge >= 0.3 is 0 Å². The molecule has 0 fully saturated rings. The molecule has 2 aromatic carbocycles. The normalized spacial score (nSPS) is 16.9. The topological polar surface area (TPSA) is 75.3 Å². The van der Waals surface area contributed by atoms with E-state index in [1.807, 2.05) is 19.1 Å². The number of hydrogen-bond donors (Lipinski definition) is 2. The SMILES string of the molecule is CC[C@H]1Sc2ccc(S(=O)(=O)Nc3ccc(C(C)C)cc3)cc2NC1=O. The summed E-state index contributed by atoms with van der Waals surface area (Å²) in [6.45, 7) is 6.12. The van der Waals surface area contributed by atoms with Crippen LogP contribution in [0.1, 0.15) is 38.7 Å². The molecule has 3 rings (SSSR count). The van der Waals surface area contributed by atoms with E-state index in [1.165, 1.54) is 17.8 Å². The van der Waals surface area contributed by atoms with Crippen molar-refractivity contribution in [3.05, 3.63) is 48.0 Å². The number of rotatable bonds is 5. The first-order valence-corrected chi connectivity index (χ1v) is 10.9. The number of carbonyl (C=O) groups excluding carboxylic acids is 1. The van der Waals surface area contributed by atoms with Gasteiger partial charge in [0, 0.05) is 10.6 Å². The van der Waals surface area contributed by atoms with E-state index in [1.54, 1.807) is 24.3 Å². The largest absolute Gasteiger partial charge is 0.324 e. The number of anilines is 2. The molecule has 138 valence electrons. The lowest BCUT2D eigenvalue weighted by Crippen LogP contribution is -2.28. The first-order valence-electron chi connectivity index (χ1n) is 8.54. The summed E-state index contributed by atoms with van der Waals surface area (Å²) in [4.78, 5) is 13.0. The zero-order chi connectivity index (χ0) is 18.9. The molecule has 0 aliphatic carbocycles. The number of benzene rings is 2. The molecule has 1 amide bonds. The highest BCUT2D eigenvalue weighted by atomic mass is 32.2. The smallest absolute Gasteiger partial charge is 0.261 e. The molecule has 1 heterocycles. The van der Waals surface area contributed by atoms with Crippen LogP contribution in [-0.2, 0) is 14.8 Å². The molecule has 7 heteroatoms. The third-order valence-corrected chi connectivity index (χ3v) is 7.10. The van der Waals surface area contributed by atoms with Gasteiger partial charge in [-0.1, -0.05) is 32.9 Å². The van der Waals surface area contributed by atoms with Crippen LogP contribution in [0.5, 0.6) is 0 Å². The highest BCUT2D eigenvalue weighted by molar-refractivity contribution is 8.01. The third-order valence-electron chi connectivity index (χ3n) is 4.28. The van der Waals surface area contributed by atoms with E-state index in [0.717, 1.165) is 16.9 Å².